The van der Waals surface area contributed by atoms with Crippen LogP contribution in [0, 0.1) is 5.92 Å². The van der Waals surface area contributed by atoms with Crippen LogP contribution >= 0.6 is 0 Å². The number of alkyl halides is 3. The van der Waals surface area contributed by atoms with Gasteiger partial charge in [-0.2, -0.15) is 8.78 Å². The standard InChI is InChI=1S/C11H15F3O3/c12-6-9(11(13,14)7-15)17-10(16)8-4-2-1-3-5-8/h1-2,8-9,15H,3-7H2. The molecular weight excluding hydrogens is 237 g/mol. The summed E-state index contributed by atoms with van der Waals surface area (Å²) in [5.74, 6) is -5.07. The third-order valence-corrected chi connectivity index (χ3v) is 2.68. The number of carbonyl (C=O) groups is 1. The zero-order valence-electron chi connectivity index (χ0n) is 9.24. The molecule has 17 heavy (non-hydrogen) atoms. The summed E-state index contributed by atoms with van der Waals surface area (Å²) < 4.78 is 42.8. The maximum atomic E-state index is 13.0. The minimum Gasteiger partial charge on any atom is -0.453 e. The molecule has 0 aromatic carbocycles. The normalized spacial score (nSPS) is 22.2. The quantitative estimate of drug-likeness (QED) is 0.600. The zero-order valence-corrected chi connectivity index (χ0v) is 9.24. The van der Waals surface area contributed by atoms with Gasteiger partial charge in [0, 0.05) is 0 Å². The van der Waals surface area contributed by atoms with Crippen molar-refractivity contribution in [1.29, 1.82) is 0 Å². The Labute approximate surface area is 97.3 Å². The largest absolute Gasteiger partial charge is 0.453 e. The Kier molecular flexibility index (Phi) is 4.99. The average molecular weight is 252 g/mol. The monoisotopic (exact) mass is 252 g/mol. The van der Waals surface area contributed by atoms with Gasteiger partial charge in [0.25, 0.3) is 0 Å². The van der Waals surface area contributed by atoms with Gasteiger partial charge in [-0.05, 0) is 19.3 Å². The molecule has 0 bridgehead atoms. The van der Waals surface area contributed by atoms with Crippen LogP contribution in [-0.4, -0.2) is 36.4 Å². The maximum absolute atomic E-state index is 13.0. The summed E-state index contributed by atoms with van der Waals surface area (Å²) in [5, 5.41) is 8.40. The molecule has 0 spiro atoms. The molecule has 2 atom stereocenters. The summed E-state index contributed by atoms with van der Waals surface area (Å²) in [4.78, 5) is 11.5. The van der Waals surface area contributed by atoms with Crippen LogP contribution in [0.2, 0.25) is 0 Å². The minimum atomic E-state index is -3.74. The second kappa shape index (κ2) is 6.05. The first-order valence-electron chi connectivity index (χ1n) is 5.41. The number of aliphatic hydroxyl groups excluding tert-OH is 1. The number of aliphatic hydroxyl groups is 1. The number of rotatable bonds is 5. The molecule has 1 rings (SSSR count). The molecule has 0 saturated heterocycles. The number of hydrogen-bond donors (Lipinski definition) is 1. The molecule has 0 saturated carbocycles. The topological polar surface area (TPSA) is 46.5 Å². The van der Waals surface area contributed by atoms with Gasteiger partial charge in [0.05, 0.1) is 5.92 Å². The molecule has 0 aliphatic heterocycles. The number of ether oxygens (including phenoxy) is 1. The molecule has 3 nitrogen and oxygen atoms in total. The molecule has 1 aliphatic rings. The lowest BCUT2D eigenvalue weighted by atomic mass is 9.94. The fourth-order valence-corrected chi connectivity index (χ4v) is 1.58. The van der Waals surface area contributed by atoms with E-state index in [0.717, 1.165) is 0 Å². The third kappa shape index (κ3) is 3.73. The number of esters is 1. The van der Waals surface area contributed by atoms with Gasteiger partial charge in [-0.25, -0.2) is 4.39 Å². The van der Waals surface area contributed by atoms with Crippen LogP contribution in [0.25, 0.3) is 0 Å². The van der Waals surface area contributed by atoms with E-state index in [-0.39, 0.29) is 0 Å². The highest BCUT2D eigenvalue weighted by Gasteiger charge is 2.43. The smallest absolute Gasteiger partial charge is 0.309 e. The van der Waals surface area contributed by atoms with Crippen molar-refractivity contribution in [3.63, 3.8) is 0 Å². The van der Waals surface area contributed by atoms with Crippen LogP contribution in [0.1, 0.15) is 19.3 Å². The maximum Gasteiger partial charge on any atom is 0.309 e. The lowest BCUT2D eigenvalue weighted by molar-refractivity contribution is -0.188. The lowest BCUT2D eigenvalue weighted by Gasteiger charge is -2.25. The van der Waals surface area contributed by atoms with E-state index < -0.39 is 37.2 Å². The Morgan fingerprint density at radius 2 is 2.24 bits per heavy atom. The van der Waals surface area contributed by atoms with Crippen LogP contribution < -0.4 is 0 Å². The van der Waals surface area contributed by atoms with Gasteiger partial charge in [-0.1, -0.05) is 12.2 Å². The minimum absolute atomic E-state index is 0.419. The Morgan fingerprint density at radius 3 is 2.71 bits per heavy atom. The molecule has 0 aromatic heterocycles. The Bertz CT molecular complexity index is 292. The number of allylic oxidation sites excluding steroid dienone is 2. The van der Waals surface area contributed by atoms with Crippen LogP contribution in [0.4, 0.5) is 13.2 Å². The van der Waals surface area contributed by atoms with Crippen molar-refractivity contribution in [2.24, 2.45) is 5.92 Å². The lowest BCUT2D eigenvalue weighted by Crippen LogP contribution is -2.43. The van der Waals surface area contributed by atoms with Gasteiger partial charge in [-0.3, -0.25) is 4.79 Å². The molecular formula is C11H15F3O3. The molecule has 0 heterocycles. The highest BCUT2D eigenvalue weighted by Crippen LogP contribution is 2.25. The van der Waals surface area contributed by atoms with Crippen molar-refractivity contribution < 1.29 is 27.8 Å². The summed E-state index contributed by atoms with van der Waals surface area (Å²) in [6.45, 7) is -3.05. The van der Waals surface area contributed by atoms with Gasteiger partial charge in [-0.15, -0.1) is 0 Å². The fraction of sp³-hybridized carbons (Fsp3) is 0.727. The summed E-state index contributed by atoms with van der Waals surface area (Å²) in [6, 6.07) is 0. The molecule has 6 heteroatoms. The fourth-order valence-electron chi connectivity index (χ4n) is 1.58. The first kappa shape index (κ1) is 14.0. The molecule has 0 radical (unpaired) electrons. The van der Waals surface area contributed by atoms with Crippen LogP contribution in [0.15, 0.2) is 12.2 Å². The molecule has 1 N–H and O–H groups in total. The van der Waals surface area contributed by atoms with Crippen LogP contribution in [0.5, 0.6) is 0 Å². The Morgan fingerprint density at radius 1 is 1.53 bits per heavy atom. The van der Waals surface area contributed by atoms with Gasteiger partial charge < -0.3 is 9.84 Å². The van der Waals surface area contributed by atoms with Crippen molar-refractivity contribution in [2.45, 2.75) is 31.3 Å². The summed E-state index contributed by atoms with van der Waals surface area (Å²) in [7, 11) is 0. The highest BCUT2D eigenvalue weighted by molar-refractivity contribution is 5.73. The summed E-state index contributed by atoms with van der Waals surface area (Å²) in [5.41, 5.74) is 0. The molecule has 2 unspecified atom stereocenters. The van der Waals surface area contributed by atoms with Gasteiger partial charge in [0.2, 0.25) is 0 Å². The van der Waals surface area contributed by atoms with Crippen molar-refractivity contribution >= 4 is 5.97 Å². The number of carbonyl (C=O) groups excluding carboxylic acids is 1. The van der Waals surface area contributed by atoms with E-state index in [1.807, 2.05) is 6.08 Å². The zero-order chi connectivity index (χ0) is 12.9. The van der Waals surface area contributed by atoms with Gasteiger partial charge >= 0.3 is 11.9 Å². The van der Waals surface area contributed by atoms with Crippen LogP contribution in [-0.2, 0) is 9.53 Å². The first-order chi connectivity index (χ1) is 8.01. The van der Waals surface area contributed by atoms with E-state index in [1.165, 1.54) is 0 Å². The number of halogens is 3. The van der Waals surface area contributed by atoms with E-state index in [2.05, 4.69) is 4.74 Å². The second-order valence-electron chi connectivity index (χ2n) is 3.98. The Hall–Kier alpha value is -1.04. The van der Waals surface area contributed by atoms with Crippen molar-refractivity contribution in [1.82, 2.24) is 0 Å². The van der Waals surface area contributed by atoms with E-state index in [9.17, 15) is 18.0 Å². The highest BCUT2D eigenvalue weighted by atomic mass is 19.3. The first-order valence-corrected chi connectivity index (χ1v) is 5.41. The number of hydrogen-bond acceptors (Lipinski definition) is 3. The second-order valence-corrected chi connectivity index (χ2v) is 3.98. The van der Waals surface area contributed by atoms with Gasteiger partial charge in [0.1, 0.15) is 13.3 Å². The Balaban J connectivity index is 2.56. The SMILES string of the molecule is O=C(OC(CF)C(F)(F)CO)C1CC=CCC1. The molecule has 0 amide bonds. The van der Waals surface area contributed by atoms with Crippen molar-refractivity contribution in [3.8, 4) is 0 Å². The third-order valence-electron chi connectivity index (χ3n) is 2.68. The van der Waals surface area contributed by atoms with Gasteiger partial charge in [0.15, 0.2) is 6.10 Å². The average Bonchev–Trinajstić information content (AvgIpc) is 2.36. The van der Waals surface area contributed by atoms with E-state index in [0.29, 0.717) is 19.3 Å². The van der Waals surface area contributed by atoms with Crippen LogP contribution in [0.3, 0.4) is 0 Å². The van der Waals surface area contributed by atoms with E-state index in [1.54, 1.807) is 6.08 Å². The summed E-state index contributed by atoms with van der Waals surface area (Å²) in [6.07, 6.45) is 3.06. The summed E-state index contributed by atoms with van der Waals surface area (Å²) >= 11 is 0. The van der Waals surface area contributed by atoms with Crippen molar-refractivity contribution in [2.75, 3.05) is 13.3 Å². The predicted molar refractivity (Wildman–Crippen MR) is 54.4 cm³/mol. The molecule has 98 valence electrons. The van der Waals surface area contributed by atoms with Crippen molar-refractivity contribution in [3.05, 3.63) is 12.2 Å². The molecule has 1 aliphatic carbocycles. The van der Waals surface area contributed by atoms with E-state index in [4.69, 9.17) is 5.11 Å². The van der Waals surface area contributed by atoms with E-state index >= 15 is 0 Å². The predicted octanol–water partition coefficient (Wildman–Crippen LogP) is 1.85. The molecule has 0 aromatic rings. The molecule has 0 fully saturated rings.